The number of aryl methyl sites for hydroxylation is 1. The fraction of sp³-hybridized carbons (Fsp3) is 0.400. The van der Waals surface area contributed by atoms with Crippen molar-refractivity contribution in [2.45, 2.75) is 39.7 Å². The van der Waals surface area contributed by atoms with Crippen LogP contribution in [0.5, 0.6) is 0 Å². The lowest BCUT2D eigenvalue weighted by Crippen LogP contribution is -2.30. The van der Waals surface area contributed by atoms with Crippen molar-refractivity contribution in [1.29, 1.82) is 0 Å². The topological polar surface area (TPSA) is 72.2 Å². The Morgan fingerprint density at radius 2 is 2.19 bits per heavy atom. The maximum absolute atomic E-state index is 12.2. The van der Waals surface area contributed by atoms with Crippen molar-refractivity contribution in [3.8, 4) is 0 Å². The third-order valence-electron chi connectivity index (χ3n) is 3.71. The second-order valence-corrected chi connectivity index (χ2v) is 5.82. The number of aliphatic carboxylic acids is 1. The number of aromatic nitrogens is 2. The number of rotatable bonds is 5. The van der Waals surface area contributed by atoms with Crippen molar-refractivity contribution in [1.82, 2.24) is 9.55 Å². The monoisotopic (exact) mass is 306 g/mol. The quantitative estimate of drug-likeness (QED) is 0.921. The van der Waals surface area contributed by atoms with Gasteiger partial charge in [0, 0.05) is 17.8 Å². The minimum absolute atomic E-state index is 0.0361. The molecule has 0 fully saturated rings. The predicted octanol–water partition coefficient (Wildman–Crippen LogP) is 2.55. The van der Waals surface area contributed by atoms with Gasteiger partial charge in [-0.2, -0.15) is 16.3 Å². The van der Waals surface area contributed by atoms with Gasteiger partial charge in [0.2, 0.25) is 0 Å². The van der Waals surface area contributed by atoms with Crippen LogP contribution in [-0.4, -0.2) is 20.6 Å². The predicted molar refractivity (Wildman–Crippen MR) is 82.1 cm³/mol. The molecule has 0 aliphatic heterocycles. The number of carbonyl (C=O) groups is 1. The number of hydrogen-bond acceptors (Lipinski definition) is 4. The van der Waals surface area contributed by atoms with E-state index in [2.05, 4.69) is 4.98 Å². The van der Waals surface area contributed by atoms with Gasteiger partial charge < -0.3 is 5.11 Å². The van der Waals surface area contributed by atoms with Gasteiger partial charge >= 0.3 is 11.7 Å². The van der Waals surface area contributed by atoms with Crippen LogP contribution in [0.15, 0.2) is 21.6 Å². The molecule has 112 valence electrons. The van der Waals surface area contributed by atoms with Gasteiger partial charge in [0.15, 0.2) is 0 Å². The summed E-state index contributed by atoms with van der Waals surface area (Å²) in [6.07, 6.45) is 0.422. The van der Waals surface area contributed by atoms with Crippen LogP contribution >= 0.6 is 11.3 Å². The van der Waals surface area contributed by atoms with Crippen molar-refractivity contribution in [3.63, 3.8) is 0 Å². The van der Waals surface area contributed by atoms with Crippen molar-refractivity contribution < 1.29 is 9.90 Å². The van der Waals surface area contributed by atoms with Crippen LogP contribution in [0.3, 0.4) is 0 Å². The molecule has 2 aromatic heterocycles. The van der Waals surface area contributed by atoms with Crippen LogP contribution in [0.4, 0.5) is 0 Å². The van der Waals surface area contributed by atoms with Gasteiger partial charge in [-0.15, -0.1) is 0 Å². The van der Waals surface area contributed by atoms with Gasteiger partial charge in [0.25, 0.3) is 0 Å². The van der Waals surface area contributed by atoms with Crippen LogP contribution in [0.1, 0.15) is 41.9 Å². The first-order valence-corrected chi connectivity index (χ1v) is 7.68. The number of hydrogen-bond donors (Lipinski definition) is 1. The minimum Gasteiger partial charge on any atom is -0.481 e. The van der Waals surface area contributed by atoms with Crippen LogP contribution in [0, 0.1) is 13.8 Å². The van der Waals surface area contributed by atoms with Crippen LogP contribution in [0.25, 0.3) is 0 Å². The Labute approximate surface area is 126 Å². The molecule has 21 heavy (non-hydrogen) atoms. The van der Waals surface area contributed by atoms with Gasteiger partial charge in [0.1, 0.15) is 0 Å². The minimum atomic E-state index is -0.850. The molecule has 0 aliphatic carbocycles. The summed E-state index contributed by atoms with van der Waals surface area (Å²) in [4.78, 5) is 27.1. The van der Waals surface area contributed by atoms with E-state index in [4.69, 9.17) is 5.11 Å². The van der Waals surface area contributed by atoms with E-state index in [0.29, 0.717) is 12.1 Å². The summed E-state index contributed by atoms with van der Waals surface area (Å²) in [7, 11) is 0. The molecule has 2 rings (SSSR count). The fourth-order valence-electron chi connectivity index (χ4n) is 2.53. The summed E-state index contributed by atoms with van der Waals surface area (Å²) < 4.78 is 1.65. The molecule has 0 spiro atoms. The molecule has 0 saturated carbocycles. The molecule has 6 heteroatoms. The number of carboxylic acid groups (broad SMARTS) is 1. The van der Waals surface area contributed by atoms with E-state index in [1.54, 1.807) is 22.8 Å². The van der Waals surface area contributed by atoms with E-state index in [1.165, 1.54) is 0 Å². The summed E-state index contributed by atoms with van der Waals surface area (Å²) in [5.41, 5.74) is 3.03. The molecule has 0 aromatic carbocycles. The molecule has 2 heterocycles. The molecule has 1 N–H and O–H groups in total. The summed E-state index contributed by atoms with van der Waals surface area (Å²) in [6.45, 7) is 5.57. The smallest absolute Gasteiger partial charge is 0.348 e. The van der Waals surface area contributed by atoms with Crippen molar-refractivity contribution in [3.05, 3.63) is 49.8 Å². The van der Waals surface area contributed by atoms with Gasteiger partial charge in [-0.1, -0.05) is 0 Å². The first-order chi connectivity index (χ1) is 9.91. The van der Waals surface area contributed by atoms with Crippen molar-refractivity contribution in [2.24, 2.45) is 0 Å². The van der Waals surface area contributed by atoms with E-state index in [9.17, 15) is 9.59 Å². The lowest BCUT2D eigenvalue weighted by atomic mass is 10.0. The second-order valence-electron chi connectivity index (χ2n) is 5.04. The van der Waals surface area contributed by atoms with Gasteiger partial charge in [-0.25, -0.2) is 4.79 Å². The third kappa shape index (κ3) is 3.21. The van der Waals surface area contributed by atoms with Gasteiger partial charge in [0.05, 0.1) is 6.04 Å². The maximum Gasteiger partial charge on any atom is 0.348 e. The molecule has 1 atom stereocenters. The van der Waals surface area contributed by atoms with E-state index in [1.807, 2.05) is 30.7 Å². The molecule has 5 nitrogen and oxygen atoms in total. The molecule has 0 amide bonds. The van der Waals surface area contributed by atoms with E-state index < -0.39 is 5.97 Å². The Hall–Kier alpha value is -1.95. The van der Waals surface area contributed by atoms with Gasteiger partial charge in [-0.05, 0) is 55.1 Å². The maximum atomic E-state index is 12.2. The molecule has 0 saturated heterocycles. The fourth-order valence-corrected chi connectivity index (χ4v) is 3.27. The van der Waals surface area contributed by atoms with Crippen LogP contribution < -0.4 is 5.69 Å². The highest BCUT2D eigenvalue weighted by molar-refractivity contribution is 7.07. The molecule has 0 bridgehead atoms. The number of carboxylic acids is 1. The standard InChI is InChI=1S/C15H18N2O3S/c1-9-13(4-5-14(18)19)11(3)17(15(20)16-9)10(2)12-6-7-21-8-12/h6-8,10H,4-5H2,1-3H3,(H,18,19). The normalized spacial score (nSPS) is 12.3. The van der Waals surface area contributed by atoms with Crippen LogP contribution in [0.2, 0.25) is 0 Å². The van der Waals surface area contributed by atoms with E-state index in [0.717, 1.165) is 16.8 Å². The molecular weight excluding hydrogens is 288 g/mol. The highest BCUT2D eigenvalue weighted by Crippen LogP contribution is 2.22. The summed E-state index contributed by atoms with van der Waals surface area (Å²) in [5.74, 6) is -0.850. The Morgan fingerprint density at radius 1 is 1.48 bits per heavy atom. The third-order valence-corrected chi connectivity index (χ3v) is 4.41. The zero-order valence-electron chi connectivity index (χ0n) is 12.3. The zero-order chi connectivity index (χ0) is 15.6. The largest absolute Gasteiger partial charge is 0.481 e. The Morgan fingerprint density at radius 3 is 2.76 bits per heavy atom. The SMILES string of the molecule is Cc1nc(=O)n(C(C)c2ccsc2)c(C)c1CCC(=O)O. The molecule has 2 aromatic rings. The van der Waals surface area contributed by atoms with Crippen molar-refractivity contribution in [2.75, 3.05) is 0 Å². The van der Waals surface area contributed by atoms with E-state index >= 15 is 0 Å². The van der Waals surface area contributed by atoms with Crippen molar-refractivity contribution >= 4 is 17.3 Å². The lowest BCUT2D eigenvalue weighted by Gasteiger charge is -2.20. The Kier molecular flexibility index (Phi) is 4.57. The molecule has 1 unspecified atom stereocenters. The summed E-state index contributed by atoms with van der Waals surface area (Å²) >= 11 is 1.58. The highest BCUT2D eigenvalue weighted by Gasteiger charge is 2.17. The summed E-state index contributed by atoms with van der Waals surface area (Å²) in [5, 5.41) is 12.8. The second kappa shape index (κ2) is 6.22. The zero-order valence-corrected chi connectivity index (χ0v) is 13.1. The highest BCUT2D eigenvalue weighted by atomic mass is 32.1. The molecule has 0 aliphatic rings. The number of nitrogens with zero attached hydrogens (tertiary/aromatic N) is 2. The average Bonchev–Trinajstić information content (AvgIpc) is 2.91. The summed E-state index contributed by atoms with van der Waals surface area (Å²) in [6, 6.07) is 1.87. The average molecular weight is 306 g/mol. The first kappa shape index (κ1) is 15.4. The van der Waals surface area contributed by atoms with Gasteiger partial charge in [-0.3, -0.25) is 9.36 Å². The molecular formula is C15H18N2O3S. The number of thiophene rings is 1. The molecule has 0 radical (unpaired) electrons. The Balaban J connectivity index is 2.48. The lowest BCUT2D eigenvalue weighted by molar-refractivity contribution is -0.136. The van der Waals surface area contributed by atoms with Crippen LogP contribution in [-0.2, 0) is 11.2 Å². The first-order valence-electron chi connectivity index (χ1n) is 6.74. The van der Waals surface area contributed by atoms with E-state index in [-0.39, 0.29) is 18.2 Å². The Bertz CT molecular complexity index is 704.